The number of phosphoric acid groups is 1. The van der Waals surface area contributed by atoms with E-state index in [0.717, 1.165) is 45.2 Å². The van der Waals surface area contributed by atoms with E-state index in [9.17, 15) is 23.7 Å². The quantitative estimate of drug-likeness (QED) is 0.374. The van der Waals surface area contributed by atoms with Crippen molar-refractivity contribution in [2.45, 2.75) is 13.2 Å². The normalized spacial score (nSPS) is 15.0. The molecule has 0 spiro atoms. The number of nitrogens with zero attached hydrogens (tertiary/aromatic N) is 2. The number of hydrogen-bond donors (Lipinski definition) is 1. The molecular weight excluding hydrogens is 491 g/mol. The van der Waals surface area contributed by atoms with Crippen LogP contribution in [0, 0.1) is 0 Å². The number of rotatable bonds is 10. The molecule has 0 fully saturated rings. The molecule has 2 heterocycles. The topological polar surface area (TPSA) is 140 Å². The van der Waals surface area contributed by atoms with Crippen LogP contribution in [0.15, 0.2) is 85.0 Å². The molecule has 188 valence electrons. The van der Waals surface area contributed by atoms with Gasteiger partial charge in [-0.05, 0) is 11.1 Å². The summed E-state index contributed by atoms with van der Waals surface area (Å²) >= 11 is 0. The lowest BCUT2D eigenvalue weighted by atomic mass is 10.2. The first-order chi connectivity index (χ1) is 17.3. The number of hydrogen-bond acceptors (Lipinski definition) is 9. The van der Waals surface area contributed by atoms with Gasteiger partial charge in [-0.3, -0.25) is 42.5 Å². The van der Waals surface area contributed by atoms with Gasteiger partial charge in [0.2, 0.25) is 0 Å². The second-order valence-electron chi connectivity index (χ2n) is 7.24. The summed E-state index contributed by atoms with van der Waals surface area (Å²) in [5.41, 5.74) is 1.55. The number of aliphatic hydroxyl groups excluding tert-OH is 1. The molecule has 2 aliphatic rings. The molecule has 0 aliphatic carbocycles. The van der Waals surface area contributed by atoms with E-state index in [1.165, 1.54) is 0 Å². The van der Waals surface area contributed by atoms with E-state index in [1.807, 2.05) is 36.4 Å². The SMILES string of the molecule is O=C1C=CC(=O)N1CO.O=C1C=CC(=O)N1COP(=O)(OCc1ccccc1)OCc1ccccc1. The minimum absolute atomic E-state index is 0.00689. The van der Waals surface area contributed by atoms with Gasteiger partial charge in [0, 0.05) is 24.3 Å². The van der Waals surface area contributed by atoms with Gasteiger partial charge in [-0.2, -0.15) is 0 Å². The molecule has 0 saturated heterocycles. The zero-order chi connectivity index (χ0) is 26.0. The molecule has 0 unspecified atom stereocenters. The molecule has 1 N–H and O–H groups in total. The molecule has 0 bridgehead atoms. The standard InChI is InChI=1S/C19H18NO6P.C5H5NO3/c21-18-11-12-19(22)20(18)15-26-27(23,24-13-16-7-3-1-4-8-16)25-14-17-9-5-2-6-10-17;7-3-6-4(8)1-2-5(6)9/h1-12H,13-15H2;1-2,7H,3H2. The van der Waals surface area contributed by atoms with Gasteiger partial charge >= 0.3 is 7.82 Å². The summed E-state index contributed by atoms with van der Waals surface area (Å²) in [5, 5.41) is 8.35. The van der Waals surface area contributed by atoms with Crippen LogP contribution in [0.5, 0.6) is 0 Å². The van der Waals surface area contributed by atoms with E-state index in [0.29, 0.717) is 0 Å². The van der Waals surface area contributed by atoms with Crippen LogP contribution in [0.2, 0.25) is 0 Å². The number of aliphatic hydroxyl groups is 1. The Kier molecular flexibility index (Phi) is 9.57. The van der Waals surface area contributed by atoms with Crippen molar-refractivity contribution in [2.75, 3.05) is 13.5 Å². The molecule has 12 heteroatoms. The number of carbonyl (C=O) groups excluding carboxylic acids is 4. The monoisotopic (exact) mass is 514 g/mol. The molecule has 2 aliphatic heterocycles. The van der Waals surface area contributed by atoms with Gasteiger partial charge < -0.3 is 5.11 Å². The van der Waals surface area contributed by atoms with Crippen molar-refractivity contribution in [2.24, 2.45) is 0 Å². The van der Waals surface area contributed by atoms with Crippen molar-refractivity contribution in [3.8, 4) is 0 Å². The summed E-state index contributed by atoms with van der Waals surface area (Å²) in [6.07, 6.45) is 4.48. The van der Waals surface area contributed by atoms with Crippen LogP contribution in [-0.2, 0) is 50.5 Å². The highest BCUT2D eigenvalue weighted by atomic mass is 31.2. The lowest BCUT2D eigenvalue weighted by Gasteiger charge is -2.21. The van der Waals surface area contributed by atoms with Gasteiger partial charge in [-0.25, -0.2) is 4.57 Å². The Morgan fingerprint density at radius 1 is 0.611 bits per heavy atom. The number of phosphoric ester groups is 1. The Labute approximate surface area is 206 Å². The minimum atomic E-state index is -4.03. The van der Waals surface area contributed by atoms with E-state index >= 15 is 0 Å². The Morgan fingerprint density at radius 3 is 1.36 bits per heavy atom. The molecule has 0 aromatic heterocycles. The summed E-state index contributed by atoms with van der Waals surface area (Å²) < 4.78 is 29.1. The molecule has 4 amide bonds. The van der Waals surface area contributed by atoms with Gasteiger partial charge in [0.15, 0.2) is 0 Å². The van der Waals surface area contributed by atoms with Gasteiger partial charge in [0.25, 0.3) is 23.6 Å². The first-order valence-electron chi connectivity index (χ1n) is 10.6. The molecule has 0 radical (unpaired) electrons. The van der Waals surface area contributed by atoms with Crippen LogP contribution < -0.4 is 0 Å². The maximum absolute atomic E-state index is 13.0. The van der Waals surface area contributed by atoms with Crippen molar-refractivity contribution in [3.05, 3.63) is 96.1 Å². The average molecular weight is 514 g/mol. The molecule has 2 aromatic rings. The highest BCUT2D eigenvalue weighted by Gasteiger charge is 2.32. The van der Waals surface area contributed by atoms with Crippen LogP contribution in [0.25, 0.3) is 0 Å². The smallest absolute Gasteiger partial charge is 0.376 e. The molecule has 0 saturated carbocycles. The number of benzene rings is 2. The fourth-order valence-corrected chi connectivity index (χ4v) is 3.92. The predicted octanol–water partition coefficient (Wildman–Crippen LogP) is 2.29. The third-order valence-corrected chi connectivity index (χ3v) is 6.07. The van der Waals surface area contributed by atoms with Gasteiger partial charge in [-0.1, -0.05) is 60.7 Å². The van der Waals surface area contributed by atoms with Crippen LogP contribution >= 0.6 is 7.82 Å². The van der Waals surface area contributed by atoms with Crippen molar-refractivity contribution >= 4 is 31.5 Å². The minimum Gasteiger partial charge on any atom is -0.376 e. The van der Waals surface area contributed by atoms with Crippen molar-refractivity contribution in [1.29, 1.82) is 0 Å². The van der Waals surface area contributed by atoms with Crippen LogP contribution in [0.1, 0.15) is 11.1 Å². The fraction of sp³-hybridized carbons (Fsp3) is 0.167. The molecule has 36 heavy (non-hydrogen) atoms. The van der Waals surface area contributed by atoms with E-state index in [-0.39, 0.29) is 13.2 Å². The third kappa shape index (κ3) is 7.64. The van der Waals surface area contributed by atoms with Crippen LogP contribution in [0.4, 0.5) is 0 Å². The second kappa shape index (κ2) is 12.8. The van der Waals surface area contributed by atoms with E-state index in [2.05, 4.69) is 0 Å². The molecule has 0 atom stereocenters. The van der Waals surface area contributed by atoms with Crippen molar-refractivity contribution in [3.63, 3.8) is 0 Å². The summed E-state index contributed by atoms with van der Waals surface area (Å²) in [5.74, 6) is -2.00. The molecular formula is C24H23N2O9P. The summed E-state index contributed by atoms with van der Waals surface area (Å²) in [6, 6.07) is 18.2. The van der Waals surface area contributed by atoms with E-state index in [4.69, 9.17) is 18.7 Å². The number of amides is 4. The maximum atomic E-state index is 13.0. The Balaban J connectivity index is 0.000000338. The summed E-state index contributed by atoms with van der Waals surface area (Å²) in [7, 11) is -4.03. The first-order valence-corrected chi connectivity index (χ1v) is 12.1. The average Bonchev–Trinajstić information content (AvgIpc) is 3.40. The zero-order valence-corrected chi connectivity index (χ0v) is 19.9. The van der Waals surface area contributed by atoms with E-state index < -0.39 is 44.9 Å². The second-order valence-corrected chi connectivity index (χ2v) is 8.91. The first kappa shape index (κ1) is 26.9. The van der Waals surface area contributed by atoms with Gasteiger partial charge in [-0.15, -0.1) is 0 Å². The van der Waals surface area contributed by atoms with Crippen molar-refractivity contribution in [1.82, 2.24) is 9.80 Å². The maximum Gasteiger partial charge on any atom is 0.477 e. The zero-order valence-electron chi connectivity index (χ0n) is 19.0. The van der Waals surface area contributed by atoms with Crippen molar-refractivity contribution < 1.29 is 42.4 Å². The number of imide groups is 2. The van der Waals surface area contributed by atoms with E-state index in [1.54, 1.807) is 24.3 Å². The Morgan fingerprint density at radius 2 is 1.00 bits per heavy atom. The third-order valence-electron chi connectivity index (χ3n) is 4.75. The highest BCUT2D eigenvalue weighted by molar-refractivity contribution is 7.48. The lowest BCUT2D eigenvalue weighted by Crippen LogP contribution is -2.32. The highest BCUT2D eigenvalue weighted by Crippen LogP contribution is 2.51. The van der Waals surface area contributed by atoms with Crippen LogP contribution in [0.3, 0.4) is 0 Å². The summed E-state index contributed by atoms with van der Waals surface area (Å²) in [4.78, 5) is 45.7. The van der Waals surface area contributed by atoms with Gasteiger partial charge in [0.1, 0.15) is 13.5 Å². The lowest BCUT2D eigenvalue weighted by molar-refractivity contribution is -0.142. The molecule has 2 aromatic carbocycles. The molecule has 4 rings (SSSR count). The van der Waals surface area contributed by atoms with Crippen LogP contribution in [-0.4, -0.2) is 52.0 Å². The largest absolute Gasteiger partial charge is 0.477 e. The Bertz CT molecular complexity index is 1120. The number of carbonyl (C=O) groups is 4. The molecule has 11 nitrogen and oxygen atoms in total. The fourth-order valence-electron chi connectivity index (χ4n) is 2.82. The van der Waals surface area contributed by atoms with Gasteiger partial charge in [0.05, 0.1) is 13.2 Å². The predicted molar refractivity (Wildman–Crippen MR) is 125 cm³/mol. The Hall–Kier alpha value is -3.73. The summed E-state index contributed by atoms with van der Waals surface area (Å²) in [6.45, 7) is -1.07.